The molecule has 0 saturated carbocycles. The second-order valence-corrected chi connectivity index (χ2v) is 4.96. The highest BCUT2D eigenvalue weighted by molar-refractivity contribution is 5.94. The summed E-state index contributed by atoms with van der Waals surface area (Å²) in [7, 11) is 1.33. The summed E-state index contributed by atoms with van der Waals surface area (Å²) in [5, 5.41) is 5.58. The molecule has 1 rings (SSSR count). The van der Waals surface area contributed by atoms with E-state index in [2.05, 4.69) is 22.3 Å². The molecule has 1 aromatic carbocycles. The van der Waals surface area contributed by atoms with Crippen LogP contribution in [0.5, 0.6) is 0 Å². The molecule has 0 spiro atoms. The van der Waals surface area contributed by atoms with Gasteiger partial charge in [-0.05, 0) is 31.0 Å². The van der Waals surface area contributed by atoms with Gasteiger partial charge in [-0.15, -0.1) is 0 Å². The summed E-state index contributed by atoms with van der Waals surface area (Å²) in [5.74, 6) is -0.418. The summed E-state index contributed by atoms with van der Waals surface area (Å²) in [5.41, 5.74) is 1.93. The number of ether oxygens (including phenoxy) is 1. The minimum absolute atomic E-state index is 0.253. The van der Waals surface area contributed by atoms with Crippen LogP contribution in [0.25, 0.3) is 0 Å². The predicted octanol–water partition coefficient (Wildman–Crippen LogP) is 3.48. The van der Waals surface area contributed by atoms with Crippen molar-refractivity contribution in [3.05, 3.63) is 29.3 Å². The lowest BCUT2D eigenvalue weighted by atomic mass is 10.1. The number of carbonyl (C=O) groups is 2. The van der Waals surface area contributed by atoms with Gasteiger partial charge in [0.2, 0.25) is 0 Å². The Morgan fingerprint density at radius 1 is 1.19 bits per heavy atom. The predicted molar refractivity (Wildman–Crippen MR) is 83.7 cm³/mol. The first-order valence-electron chi connectivity index (χ1n) is 7.32. The van der Waals surface area contributed by atoms with E-state index in [0.717, 1.165) is 18.4 Å². The number of rotatable bonds is 7. The third-order valence-electron chi connectivity index (χ3n) is 3.22. The number of urea groups is 1. The Kier molecular flexibility index (Phi) is 7.29. The van der Waals surface area contributed by atoms with E-state index in [4.69, 9.17) is 0 Å². The third kappa shape index (κ3) is 5.85. The van der Waals surface area contributed by atoms with Crippen LogP contribution in [0.4, 0.5) is 10.5 Å². The fraction of sp³-hybridized carbons (Fsp3) is 0.500. The molecule has 2 N–H and O–H groups in total. The standard InChI is InChI=1S/C16H24N2O3/c1-4-5-6-7-10-17-16(20)18-14-11-13(15(19)21-3)9-8-12(14)2/h8-9,11H,4-7,10H2,1-3H3,(H2,17,18,20). The Hall–Kier alpha value is -2.04. The van der Waals surface area contributed by atoms with Crippen molar-refractivity contribution in [3.8, 4) is 0 Å². The molecule has 116 valence electrons. The Labute approximate surface area is 126 Å². The quantitative estimate of drug-likeness (QED) is 0.597. The van der Waals surface area contributed by atoms with Crippen LogP contribution in [0, 0.1) is 6.92 Å². The SMILES string of the molecule is CCCCCCNC(=O)Nc1cc(C(=O)OC)ccc1C. The average Bonchev–Trinajstić information content (AvgIpc) is 2.48. The highest BCUT2D eigenvalue weighted by Crippen LogP contribution is 2.17. The van der Waals surface area contributed by atoms with E-state index in [1.165, 1.54) is 20.0 Å². The first kappa shape index (κ1) is 17.0. The van der Waals surface area contributed by atoms with Gasteiger partial charge in [0.15, 0.2) is 0 Å². The maximum absolute atomic E-state index is 11.8. The van der Waals surface area contributed by atoms with Gasteiger partial charge in [-0.1, -0.05) is 32.3 Å². The van der Waals surface area contributed by atoms with Crippen molar-refractivity contribution in [1.29, 1.82) is 0 Å². The lowest BCUT2D eigenvalue weighted by Crippen LogP contribution is -2.29. The number of hydrogen-bond donors (Lipinski definition) is 2. The van der Waals surface area contributed by atoms with Crippen molar-refractivity contribution in [2.24, 2.45) is 0 Å². The molecule has 1 aromatic rings. The molecule has 0 fully saturated rings. The summed E-state index contributed by atoms with van der Waals surface area (Å²) in [6.07, 6.45) is 4.45. The maximum Gasteiger partial charge on any atom is 0.337 e. The van der Waals surface area contributed by atoms with E-state index in [1.807, 2.05) is 6.92 Å². The number of unbranched alkanes of at least 4 members (excludes halogenated alkanes) is 3. The number of benzene rings is 1. The topological polar surface area (TPSA) is 67.4 Å². The summed E-state index contributed by atoms with van der Waals surface area (Å²) in [4.78, 5) is 23.3. The summed E-state index contributed by atoms with van der Waals surface area (Å²) < 4.78 is 4.67. The molecule has 0 aliphatic carbocycles. The smallest absolute Gasteiger partial charge is 0.337 e. The van der Waals surface area contributed by atoms with Gasteiger partial charge in [-0.2, -0.15) is 0 Å². The van der Waals surface area contributed by atoms with E-state index < -0.39 is 5.97 Å². The minimum Gasteiger partial charge on any atom is -0.465 e. The molecule has 0 heterocycles. The summed E-state index contributed by atoms with van der Waals surface area (Å²) in [6.45, 7) is 4.68. The van der Waals surface area contributed by atoms with Gasteiger partial charge in [0, 0.05) is 12.2 Å². The van der Waals surface area contributed by atoms with E-state index >= 15 is 0 Å². The molecular formula is C16H24N2O3. The second kappa shape index (κ2) is 9.00. The Bertz CT molecular complexity index is 486. The van der Waals surface area contributed by atoms with Crippen LogP contribution in [-0.2, 0) is 4.74 Å². The van der Waals surface area contributed by atoms with Crippen molar-refractivity contribution < 1.29 is 14.3 Å². The Balaban J connectivity index is 2.53. The molecule has 0 atom stereocenters. The molecule has 0 radical (unpaired) electrons. The zero-order valence-corrected chi connectivity index (χ0v) is 13.0. The number of esters is 1. The molecule has 5 heteroatoms. The van der Waals surface area contributed by atoms with E-state index in [-0.39, 0.29) is 6.03 Å². The molecule has 0 bridgehead atoms. The summed E-state index contributed by atoms with van der Waals surface area (Å²) in [6, 6.07) is 4.83. The molecule has 2 amide bonds. The first-order valence-corrected chi connectivity index (χ1v) is 7.32. The van der Waals surface area contributed by atoms with Crippen LogP contribution < -0.4 is 10.6 Å². The lowest BCUT2D eigenvalue weighted by molar-refractivity contribution is 0.0600. The number of aryl methyl sites for hydroxylation is 1. The fourth-order valence-corrected chi connectivity index (χ4v) is 1.92. The van der Waals surface area contributed by atoms with E-state index in [1.54, 1.807) is 18.2 Å². The van der Waals surface area contributed by atoms with Crippen LogP contribution in [0.2, 0.25) is 0 Å². The number of carbonyl (C=O) groups excluding carboxylic acids is 2. The van der Waals surface area contributed by atoms with Gasteiger partial charge in [-0.3, -0.25) is 0 Å². The van der Waals surface area contributed by atoms with Crippen LogP contribution in [0.1, 0.15) is 48.5 Å². The van der Waals surface area contributed by atoms with Gasteiger partial charge in [0.25, 0.3) is 0 Å². The van der Waals surface area contributed by atoms with E-state index in [9.17, 15) is 9.59 Å². The number of amides is 2. The fourth-order valence-electron chi connectivity index (χ4n) is 1.92. The van der Waals surface area contributed by atoms with Crippen molar-refractivity contribution in [2.75, 3.05) is 19.0 Å². The van der Waals surface area contributed by atoms with Gasteiger partial charge < -0.3 is 15.4 Å². The lowest BCUT2D eigenvalue weighted by Gasteiger charge is -2.11. The number of nitrogens with one attached hydrogen (secondary N) is 2. The average molecular weight is 292 g/mol. The van der Waals surface area contributed by atoms with Crippen molar-refractivity contribution in [3.63, 3.8) is 0 Å². The molecule has 0 aromatic heterocycles. The normalized spacial score (nSPS) is 10.0. The Morgan fingerprint density at radius 2 is 1.95 bits per heavy atom. The highest BCUT2D eigenvalue weighted by atomic mass is 16.5. The molecule has 21 heavy (non-hydrogen) atoms. The summed E-state index contributed by atoms with van der Waals surface area (Å²) >= 11 is 0. The molecule has 0 aliphatic rings. The molecule has 0 saturated heterocycles. The molecular weight excluding hydrogens is 268 g/mol. The van der Waals surface area contributed by atoms with Crippen molar-refractivity contribution in [2.45, 2.75) is 39.5 Å². The third-order valence-corrected chi connectivity index (χ3v) is 3.22. The largest absolute Gasteiger partial charge is 0.465 e. The molecule has 0 unspecified atom stereocenters. The van der Waals surface area contributed by atoms with Gasteiger partial charge in [0.05, 0.1) is 12.7 Å². The zero-order chi connectivity index (χ0) is 15.7. The number of methoxy groups -OCH3 is 1. The first-order chi connectivity index (χ1) is 10.1. The van der Waals surface area contributed by atoms with Crippen LogP contribution in [0.15, 0.2) is 18.2 Å². The second-order valence-electron chi connectivity index (χ2n) is 4.96. The van der Waals surface area contributed by atoms with Gasteiger partial charge in [-0.25, -0.2) is 9.59 Å². The Morgan fingerprint density at radius 3 is 2.62 bits per heavy atom. The van der Waals surface area contributed by atoms with Gasteiger partial charge in [0.1, 0.15) is 0 Å². The van der Waals surface area contributed by atoms with Crippen molar-refractivity contribution in [1.82, 2.24) is 5.32 Å². The monoisotopic (exact) mass is 292 g/mol. The van der Waals surface area contributed by atoms with E-state index in [0.29, 0.717) is 17.8 Å². The highest BCUT2D eigenvalue weighted by Gasteiger charge is 2.09. The molecule has 5 nitrogen and oxygen atoms in total. The maximum atomic E-state index is 11.8. The molecule has 0 aliphatic heterocycles. The minimum atomic E-state index is -0.418. The van der Waals surface area contributed by atoms with Crippen molar-refractivity contribution >= 4 is 17.7 Å². The van der Waals surface area contributed by atoms with Crippen LogP contribution in [0.3, 0.4) is 0 Å². The van der Waals surface area contributed by atoms with Gasteiger partial charge >= 0.3 is 12.0 Å². The number of hydrogen-bond acceptors (Lipinski definition) is 3. The van der Waals surface area contributed by atoms with Crippen LogP contribution >= 0.6 is 0 Å². The zero-order valence-electron chi connectivity index (χ0n) is 13.0. The van der Waals surface area contributed by atoms with Crippen LogP contribution in [-0.4, -0.2) is 25.7 Å². The number of anilines is 1.